The second-order valence-corrected chi connectivity index (χ2v) is 16.6. The molecular weight excluding hydrogens is 759 g/mol. The van der Waals surface area contributed by atoms with Gasteiger partial charge in [-0.05, 0) is 97.7 Å². The zero-order valence-corrected chi connectivity index (χ0v) is 33.9. The number of thiophene rings is 1. The third-order valence-corrected chi connectivity index (χ3v) is 13.4. The maximum absolute atomic E-state index is 6.20. The van der Waals surface area contributed by atoms with Gasteiger partial charge < -0.3 is 9.32 Å². The molecule has 10 aromatic carbocycles. The van der Waals surface area contributed by atoms with Crippen LogP contribution in [0.15, 0.2) is 229 Å². The maximum Gasteiger partial charge on any atom is 0.136 e. The minimum atomic E-state index is 0.911. The first kappa shape index (κ1) is 35.2. The lowest BCUT2D eigenvalue weighted by Gasteiger charge is -2.26. The highest BCUT2D eigenvalue weighted by molar-refractivity contribution is 7.27. The summed E-state index contributed by atoms with van der Waals surface area (Å²) < 4.78 is 8.77. The summed E-state index contributed by atoms with van der Waals surface area (Å²) >= 11 is 1.88. The van der Waals surface area contributed by atoms with Crippen molar-refractivity contribution in [3.63, 3.8) is 0 Å². The van der Waals surface area contributed by atoms with Gasteiger partial charge in [0.2, 0.25) is 0 Å². The molecule has 0 fully saturated rings. The van der Waals surface area contributed by atoms with Crippen LogP contribution in [-0.4, -0.2) is 0 Å². The number of para-hydroxylation sites is 1. The van der Waals surface area contributed by atoms with Crippen molar-refractivity contribution in [2.24, 2.45) is 0 Å². The molecule has 0 amide bonds. The fourth-order valence-corrected chi connectivity index (χ4v) is 10.5. The van der Waals surface area contributed by atoms with Gasteiger partial charge in [-0.1, -0.05) is 182 Å². The zero-order chi connectivity index (χ0) is 40.3. The highest BCUT2D eigenvalue weighted by Crippen LogP contribution is 2.48. The summed E-state index contributed by atoms with van der Waals surface area (Å²) in [5.41, 5.74) is 14.8. The molecule has 0 saturated heterocycles. The molecule has 0 unspecified atom stereocenters. The fraction of sp³-hybridized carbons (Fsp3) is 0. The molecule has 0 radical (unpaired) electrons. The van der Waals surface area contributed by atoms with Crippen LogP contribution in [0.5, 0.6) is 0 Å². The van der Waals surface area contributed by atoms with Crippen molar-refractivity contribution in [1.82, 2.24) is 0 Å². The van der Waals surface area contributed by atoms with E-state index in [1.165, 1.54) is 75.5 Å². The monoisotopic (exact) mass is 795 g/mol. The minimum absolute atomic E-state index is 0.911. The molecular formula is C58H37NOS. The van der Waals surface area contributed by atoms with Crippen molar-refractivity contribution >= 4 is 81.3 Å². The third kappa shape index (κ3) is 6.01. The Bertz CT molecular complexity index is 3560. The normalized spacial score (nSPS) is 11.6. The molecule has 2 aromatic heterocycles. The average molecular weight is 796 g/mol. The van der Waals surface area contributed by atoms with Crippen LogP contribution >= 0.6 is 11.3 Å². The van der Waals surface area contributed by atoms with Crippen molar-refractivity contribution in [2.45, 2.75) is 0 Å². The predicted molar refractivity (Wildman–Crippen MR) is 261 cm³/mol. The lowest BCUT2D eigenvalue weighted by Crippen LogP contribution is -2.10. The van der Waals surface area contributed by atoms with Gasteiger partial charge in [0.25, 0.3) is 0 Å². The second kappa shape index (κ2) is 14.5. The van der Waals surface area contributed by atoms with Crippen LogP contribution < -0.4 is 4.90 Å². The van der Waals surface area contributed by atoms with Crippen LogP contribution in [-0.2, 0) is 0 Å². The molecule has 0 bridgehead atoms. The Labute approximate surface area is 357 Å². The van der Waals surface area contributed by atoms with Crippen LogP contribution in [0.2, 0.25) is 0 Å². The SMILES string of the molecule is c1ccc(-c2cccc3c2sc2c(N(c4ccc(-c5ccc(-c6cccc7oc8ccccc8c67)cc5)cc4)c4ccc(-c5cccc6ccccc56)cc4)cccc23)cc1. The van der Waals surface area contributed by atoms with Crippen LogP contribution in [0.25, 0.3) is 97.4 Å². The van der Waals surface area contributed by atoms with E-state index in [0.29, 0.717) is 0 Å². The number of nitrogens with zero attached hydrogens (tertiary/aromatic N) is 1. The highest BCUT2D eigenvalue weighted by atomic mass is 32.1. The topological polar surface area (TPSA) is 16.4 Å². The summed E-state index contributed by atoms with van der Waals surface area (Å²) in [5.74, 6) is 0. The van der Waals surface area contributed by atoms with E-state index in [4.69, 9.17) is 4.42 Å². The Kier molecular flexibility index (Phi) is 8.39. The van der Waals surface area contributed by atoms with E-state index in [0.717, 1.165) is 39.0 Å². The first-order valence-corrected chi connectivity index (χ1v) is 21.6. The van der Waals surface area contributed by atoms with Crippen LogP contribution in [0.1, 0.15) is 0 Å². The summed E-state index contributed by atoms with van der Waals surface area (Å²) in [6.45, 7) is 0. The quantitative estimate of drug-likeness (QED) is 0.160. The number of furan rings is 1. The van der Waals surface area contributed by atoms with Crippen LogP contribution in [0.4, 0.5) is 17.1 Å². The van der Waals surface area contributed by atoms with Crippen LogP contribution in [0.3, 0.4) is 0 Å². The van der Waals surface area contributed by atoms with Gasteiger partial charge in [-0.2, -0.15) is 0 Å². The lowest BCUT2D eigenvalue weighted by molar-refractivity contribution is 0.669. The van der Waals surface area contributed by atoms with E-state index in [1.807, 2.05) is 23.5 Å². The van der Waals surface area contributed by atoms with Gasteiger partial charge in [-0.25, -0.2) is 0 Å². The van der Waals surface area contributed by atoms with Crippen molar-refractivity contribution in [3.05, 3.63) is 224 Å². The van der Waals surface area contributed by atoms with Crippen molar-refractivity contribution < 1.29 is 4.42 Å². The number of hydrogen-bond acceptors (Lipinski definition) is 3. The third-order valence-electron chi connectivity index (χ3n) is 12.1. The molecule has 61 heavy (non-hydrogen) atoms. The number of rotatable bonds is 7. The van der Waals surface area contributed by atoms with Gasteiger partial charge in [0.15, 0.2) is 0 Å². The highest BCUT2D eigenvalue weighted by Gasteiger charge is 2.20. The molecule has 286 valence electrons. The van der Waals surface area contributed by atoms with E-state index in [2.05, 4.69) is 217 Å². The van der Waals surface area contributed by atoms with E-state index < -0.39 is 0 Å². The second-order valence-electron chi connectivity index (χ2n) is 15.6. The van der Waals surface area contributed by atoms with Gasteiger partial charge in [-0.15, -0.1) is 11.3 Å². The lowest BCUT2D eigenvalue weighted by atomic mass is 9.96. The Balaban J connectivity index is 0.958. The van der Waals surface area contributed by atoms with Crippen LogP contribution in [0, 0.1) is 0 Å². The standard InChI is InChI=1S/C58H37NOS/c1-2-12-41(13-3-1)49-20-9-21-50-51-22-10-23-53(58(51)61-57(49)50)59(45-36-32-42(33-37-45)47-18-8-15-40-14-4-5-16-46(40)47)44-34-30-39(31-35-44)38-26-28-43(29-27-38)48-19-11-25-55-56(48)52-17-6-7-24-54(52)60-55/h1-37H. The Morgan fingerprint density at radius 3 is 1.59 bits per heavy atom. The average Bonchev–Trinajstić information content (AvgIpc) is 3.92. The molecule has 0 aliphatic carbocycles. The first-order chi connectivity index (χ1) is 30.2. The van der Waals surface area contributed by atoms with E-state index in [1.54, 1.807) is 0 Å². The molecule has 2 heterocycles. The van der Waals surface area contributed by atoms with Gasteiger partial charge in [0.05, 0.1) is 10.4 Å². The molecule has 0 atom stereocenters. The molecule has 0 saturated carbocycles. The Hall–Kier alpha value is -7.72. The fourth-order valence-electron chi connectivity index (χ4n) is 9.18. The first-order valence-electron chi connectivity index (χ1n) is 20.7. The Morgan fingerprint density at radius 2 is 0.803 bits per heavy atom. The summed E-state index contributed by atoms with van der Waals surface area (Å²) in [6.07, 6.45) is 0. The largest absolute Gasteiger partial charge is 0.456 e. The van der Waals surface area contributed by atoms with Crippen molar-refractivity contribution in [3.8, 4) is 44.5 Å². The number of fused-ring (bicyclic) bond motifs is 7. The molecule has 0 spiro atoms. The molecule has 3 heteroatoms. The van der Waals surface area contributed by atoms with Gasteiger partial charge in [0, 0.05) is 37.6 Å². The van der Waals surface area contributed by atoms with Gasteiger partial charge >= 0.3 is 0 Å². The number of anilines is 3. The minimum Gasteiger partial charge on any atom is -0.456 e. The number of hydrogen-bond donors (Lipinski definition) is 0. The smallest absolute Gasteiger partial charge is 0.136 e. The Morgan fingerprint density at radius 1 is 0.311 bits per heavy atom. The van der Waals surface area contributed by atoms with Gasteiger partial charge in [0.1, 0.15) is 11.2 Å². The molecule has 0 N–H and O–H groups in total. The van der Waals surface area contributed by atoms with E-state index in [9.17, 15) is 0 Å². The molecule has 12 rings (SSSR count). The predicted octanol–water partition coefficient (Wildman–Crippen LogP) is 17.2. The molecule has 0 aliphatic rings. The van der Waals surface area contributed by atoms with Gasteiger partial charge in [-0.3, -0.25) is 0 Å². The number of benzene rings is 10. The summed E-state index contributed by atoms with van der Waals surface area (Å²) in [6, 6.07) is 81.1. The van der Waals surface area contributed by atoms with Crippen molar-refractivity contribution in [2.75, 3.05) is 4.90 Å². The van der Waals surface area contributed by atoms with E-state index >= 15 is 0 Å². The van der Waals surface area contributed by atoms with Crippen molar-refractivity contribution in [1.29, 1.82) is 0 Å². The molecule has 12 aromatic rings. The van der Waals surface area contributed by atoms with E-state index in [-0.39, 0.29) is 0 Å². The summed E-state index contributed by atoms with van der Waals surface area (Å²) in [4.78, 5) is 2.43. The summed E-state index contributed by atoms with van der Waals surface area (Å²) in [5, 5.41) is 7.35. The zero-order valence-electron chi connectivity index (χ0n) is 33.1. The molecule has 0 aliphatic heterocycles. The molecule has 2 nitrogen and oxygen atoms in total. The maximum atomic E-state index is 6.20. The summed E-state index contributed by atoms with van der Waals surface area (Å²) in [7, 11) is 0.